The Bertz CT molecular complexity index is 824. The number of nitrogens with zero attached hydrogens (tertiary/aromatic N) is 2. The number of halogens is 2. The molecule has 1 aliphatic heterocycles. The highest BCUT2D eigenvalue weighted by Gasteiger charge is 2.16. The van der Waals surface area contributed by atoms with Crippen molar-refractivity contribution in [2.45, 2.75) is 20.4 Å². The van der Waals surface area contributed by atoms with Gasteiger partial charge in [-0.25, -0.2) is 4.39 Å². The minimum absolute atomic E-state index is 0.212. The van der Waals surface area contributed by atoms with Gasteiger partial charge in [0.15, 0.2) is 0 Å². The summed E-state index contributed by atoms with van der Waals surface area (Å²) in [7, 11) is 0. The van der Waals surface area contributed by atoms with Gasteiger partial charge in [-0.1, -0.05) is 0 Å². The Balaban J connectivity index is 1.82. The molecule has 26 heavy (non-hydrogen) atoms. The molecular weight excluding hydrogens is 403 g/mol. The summed E-state index contributed by atoms with van der Waals surface area (Å²) < 4.78 is 27.0. The van der Waals surface area contributed by atoms with Gasteiger partial charge in [0.05, 0.1) is 17.7 Å². The second-order valence-electron chi connectivity index (χ2n) is 6.42. The summed E-state index contributed by atoms with van der Waals surface area (Å²) in [6.07, 6.45) is 1.75. The quantitative estimate of drug-likeness (QED) is 0.736. The molecule has 140 valence electrons. The number of aromatic nitrogens is 1. The van der Waals surface area contributed by atoms with Crippen molar-refractivity contribution in [2.75, 3.05) is 32.8 Å². The first-order valence-electron chi connectivity index (χ1n) is 8.59. The number of pyridine rings is 1. The molecule has 1 aromatic heterocycles. The van der Waals surface area contributed by atoms with Gasteiger partial charge in [-0.3, -0.25) is 9.69 Å². The topological polar surface area (TPSA) is 43.7 Å². The fourth-order valence-electron chi connectivity index (χ4n) is 3.03. The molecule has 7 heteroatoms. The minimum atomic E-state index is -0.317. The molecule has 1 saturated heterocycles. The lowest BCUT2D eigenvalue weighted by Crippen LogP contribution is -2.39. The standard InChI is InChI=1S/C19H22BrFN2O3/c1-13-11-15(21)12-14(2)17(13)26-18-16(20)3-4-23(19(18)24)6-5-22-7-9-25-10-8-22/h3-4,11-12H,5-10H2,1-2H3. The van der Waals surface area contributed by atoms with Crippen LogP contribution < -0.4 is 10.3 Å². The molecule has 2 heterocycles. The molecule has 2 aromatic rings. The fourth-order valence-corrected chi connectivity index (χ4v) is 3.40. The van der Waals surface area contributed by atoms with Crippen LogP contribution in [0.5, 0.6) is 11.5 Å². The van der Waals surface area contributed by atoms with E-state index in [2.05, 4.69) is 20.8 Å². The fraction of sp³-hybridized carbons (Fsp3) is 0.421. The SMILES string of the molecule is Cc1cc(F)cc(C)c1Oc1c(Br)ccn(CCN2CCOCC2)c1=O. The highest BCUT2D eigenvalue weighted by Crippen LogP contribution is 2.31. The second kappa shape index (κ2) is 8.33. The van der Waals surface area contributed by atoms with Crippen LogP contribution in [0, 0.1) is 19.7 Å². The van der Waals surface area contributed by atoms with E-state index in [0.717, 1.165) is 32.8 Å². The Morgan fingerprint density at radius 2 is 1.81 bits per heavy atom. The number of ether oxygens (including phenoxy) is 2. The maximum atomic E-state index is 13.5. The van der Waals surface area contributed by atoms with E-state index < -0.39 is 0 Å². The first-order valence-corrected chi connectivity index (χ1v) is 9.38. The second-order valence-corrected chi connectivity index (χ2v) is 7.27. The normalized spacial score (nSPS) is 15.2. The van der Waals surface area contributed by atoms with Crippen molar-refractivity contribution < 1.29 is 13.9 Å². The third-order valence-corrected chi connectivity index (χ3v) is 5.09. The maximum absolute atomic E-state index is 13.5. The van der Waals surface area contributed by atoms with Crippen LogP contribution in [0.1, 0.15) is 11.1 Å². The van der Waals surface area contributed by atoms with Crippen molar-refractivity contribution in [3.05, 3.63) is 56.2 Å². The van der Waals surface area contributed by atoms with Gasteiger partial charge in [0, 0.05) is 32.4 Å². The zero-order valence-electron chi connectivity index (χ0n) is 14.9. The van der Waals surface area contributed by atoms with Crippen LogP contribution in [0.2, 0.25) is 0 Å². The number of morpholine rings is 1. The summed E-state index contributed by atoms with van der Waals surface area (Å²) >= 11 is 3.39. The number of aryl methyl sites for hydroxylation is 2. The predicted molar refractivity (Wildman–Crippen MR) is 102 cm³/mol. The van der Waals surface area contributed by atoms with Gasteiger partial charge in [0.1, 0.15) is 11.6 Å². The summed E-state index contributed by atoms with van der Waals surface area (Å²) in [5.74, 6) is 0.407. The number of hydrogen-bond donors (Lipinski definition) is 0. The van der Waals surface area contributed by atoms with Gasteiger partial charge in [-0.15, -0.1) is 0 Å². The lowest BCUT2D eigenvalue weighted by atomic mass is 10.1. The molecule has 1 aromatic carbocycles. The zero-order valence-corrected chi connectivity index (χ0v) is 16.5. The predicted octanol–water partition coefficient (Wildman–Crippen LogP) is 3.49. The van der Waals surface area contributed by atoms with Gasteiger partial charge in [0.2, 0.25) is 5.75 Å². The first-order chi connectivity index (χ1) is 12.5. The Hall–Kier alpha value is -1.70. The molecular formula is C19H22BrFN2O3. The van der Waals surface area contributed by atoms with Crippen molar-refractivity contribution in [3.8, 4) is 11.5 Å². The van der Waals surface area contributed by atoms with Crippen molar-refractivity contribution in [3.63, 3.8) is 0 Å². The molecule has 0 amide bonds. The maximum Gasteiger partial charge on any atom is 0.294 e. The van der Waals surface area contributed by atoms with E-state index in [-0.39, 0.29) is 17.1 Å². The third kappa shape index (κ3) is 4.34. The summed E-state index contributed by atoms with van der Waals surface area (Å²) in [4.78, 5) is 15.1. The van der Waals surface area contributed by atoms with Crippen LogP contribution in [0.4, 0.5) is 4.39 Å². The Morgan fingerprint density at radius 1 is 1.15 bits per heavy atom. The monoisotopic (exact) mass is 424 g/mol. The summed E-state index contributed by atoms with van der Waals surface area (Å²) in [6, 6.07) is 4.59. The smallest absolute Gasteiger partial charge is 0.294 e. The summed E-state index contributed by atoms with van der Waals surface area (Å²) in [5, 5.41) is 0. The molecule has 0 spiro atoms. The lowest BCUT2D eigenvalue weighted by molar-refractivity contribution is 0.0362. The van der Waals surface area contributed by atoms with Crippen LogP contribution >= 0.6 is 15.9 Å². The molecule has 0 aliphatic carbocycles. The van der Waals surface area contributed by atoms with Gasteiger partial charge >= 0.3 is 0 Å². The zero-order chi connectivity index (χ0) is 18.7. The molecule has 5 nitrogen and oxygen atoms in total. The van der Waals surface area contributed by atoms with Crippen LogP contribution in [-0.4, -0.2) is 42.3 Å². The molecule has 0 radical (unpaired) electrons. The van der Waals surface area contributed by atoms with E-state index >= 15 is 0 Å². The highest BCUT2D eigenvalue weighted by molar-refractivity contribution is 9.10. The average molecular weight is 425 g/mol. The molecule has 3 rings (SSSR count). The van der Waals surface area contributed by atoms with Gasteiger partial charge < -0.3 is 14.0 Å². The van der Waals surface area contributed by atoms with Crippen LogP contribution in [-0.2, 0) is 11.3 Å². The summed E-state index contributed by atoms with van der Waals surface area (Å²) in [5.41, 5.74) is 1.09. The molecule has 0 unspecified atom stereocenters. The largest absolute Gasteiger partial charge is 0.450 e. The average Bonchev–Trinajstić information content (AvgIpc) is 2.60. The van der Waals surface area contributed by atoms with E-state index in [0.29, 0.717) is 27.9 Å². The van der Waals surface area contributed by atoms with Crippen LogP contribution in [0.3, 0.4) is 0 Å². The van der Waals surface area contributed by atoms with Crippen molar-refractivity contribution in [2.24, 2.45) is 0 Å². The Labute approximate surface area is 160 Å². The minimum Gasteiger partial charge on any atom is -0.450 e. The number of rotatable bonds is 5. The number of hydrogen-bond acceptors (Lipinski definition) is 4. The Morgan fingerprint density at radius 3 is 2.46 bits per heavy atom. The molecule has 0 N–H and O–H groups in total. The van der Waals surface area contributed by atoms with Crippen molar-refractivity contribution in [1.29, 1.82) is 0 Å². The van der Waals surface area contributed by atoms with Gasteiger partial charge in [-0.2, -0.15) is 0 Å². The molecule has 1 fully saturated rings. The molecule has 1 aliphatic rings. The van der Waals surface area contributed by atoms with E-state index in [9.17, 15) is 9.18 Å². The van der Waals surface area contributed by atoms with E-state index in [1.165, 1.54) is 12.1 Å². The Kier molecular flexibility index (Phi) is 6.11. The van der Waals surface area contributed by atoms with Gasteiger partial charge in [0.25, 0.3) is 5.56 Å². The lowest BCUT2D eigenvalue weighted by Gasteiger charge is -2.26. The van der Waals surface area contributed by atoms with Gasteiger partial charge in [-0.05, 0) is 59.1 Å². The van der Waals surface area contributed by atoms with E-state index in [4.69, 9.17) is 9.47 Å². The first kappa shape index (κ1) is 19.1. The summed E-state index contributed by atoms with van der Waals surface area (Å²) in [6.45, 7) is 8.09. The number of benzene rings is 1. The van der Waals surface area contributed by atoms with E-state index in [1.807, 2.05) is 0 Å². The third-order valence-electron chi connectivity index (χ3n) is 4.46. The van der Waals surface area contributed by atoms with Crippen molar-refractivity contribution >= 4 is 15.9 Å². The van der Waals surface area contributed by atoms with E-state index in [1.54, 1.807) is 30.7 Å². The van der Waals surface area contributed by atoms with Crippen molar-refractivity contribution in [1.82, 2.24) is 9.47 Å². The molecule has 0 saturated carbocycles. The molecule has 0 atom stereocenters. The van der Waals surface area contributed by atoms with Crippen LogP contribution in [0.25, 0.3) is 0 Å². The molecule has 0 bridgehead atoms. The van der Waals surface area contributed by atoms with Crippen LogP contribution in [0.15, 0.2) is 33.7 Å². The highest BCUT2D eigenvalue weighted by atomic mass is 79.9.